The Hall–Kier alpha value is -3.54. The van der Waals surface area contributed by atoms with Gasteiger partial charge in [0.15, 0.2) is 11.5 Å². The predicted molar refractivity (Wildman–Crippen MR) is 127 cm³/mol. The first-order chi connectivity index (χ1) is 16.2. The number of benzene rings is 3. The zero-order valence-corrected chi connectivity index (χ0v) is 18.6. The minimum Gasteiger partial charge on any atom is -0.486 e. The molecule has 2 amide bonds. The van der Waals surface area contributed by atoms with Crippen LogP contribution in [0.15, 0.2) is 60.7 Å². The van der Waals surface area contributed by atoms with Gasteiger partial charge >= 0.3 is 0 Å². The summed E-state index contributed by atoms with van der Waals surface area (Å²) >= 11 is 0. The number of ether oxygens (including phenoxy) is 2. The van der Waals surface area contributed by atoms with E-state index in [-0.39, 0.29) is 17.7 Å². The van der Waals surface area contributed by atoms with Crippen molar-refractivity contribution in [3.05, 3.63) is 71.8 Å². The Morgan fingerprint density at radius 3 is 2.70 bits per heavy atom. The number of nitrogens with zero attached hydrogens (tertiary/aromatic N) is 1. The molecule has 33 heavy (non-hydrogen) atoms. The Morgan fingerprint density at radius 1 is 0.970 bits per heavy atom. The summed E-state index contributed by atoms with van der Waals surface area (Å²) in [5, 5.41) is 5.07. The molecule has 0 aromatic heterocycles. The second kappa shape index (κ2) is 9.53. The van der Waals surface area contributed by atoms with E-state index in [1.54, 1.807) is 0 Å². The Morgan fingerprint density at radius 2 is 1.79 bits per heavy atom. The number of carbonyl (C=O) groups is 2. The van der Waals surface area contributed by atoms with Crippen molar-refractivity contribution in [3.63, 3.8) is 0 Å². The van der Waals surface area contributed by atoms with Crippen LogP contribution in [0, 0.1) is 5.92 Å². The Labute approximate surface area is 193 Å². The summed E-state index contributed by atoms with van der Waals surface area (Å²) in [7, 11) is 0. The van der Waals surface area contributed by atoms with E-state index in [2.05, 4.69) is 5.32 Å². The topological polar surface area (TPSA) is 67.9 Å². The maximum absolute atomic E-state index is 13.3. The molecule has 0 bridgehead atoms. The number of hydrogen-bond acceptors (Lipinski definition) is 4. The van der Waals surface area contributed by atoms with Crippen LogP contribution >= 0.6 is 0 Å². The largest absolute Gasteiger partial charge is 0.486 e. The fourth-order valence-electron chi connectivity index (χ4n) is 4.68. The third-order valence-corrected chi connectivity index (χ3v) is 6.42. The van der Waals surface area contributed by atoms with Gasteiger partial charge < -0.3 is 19.7 Å². The number of amides is 2. The molecule has 0 radical (unpaired) electrons. The fourth-order valence-corrected chi connectivity index (χ4v) is 4.68. The first kappa shape index (κ1) is 21.3. The SMILES string of the molecule is O=C(NCCc1ccc2c(c1)OCCO2)C1CCCN(C(=O)c2cccc3ccccc23)C1. The summed E-state index contributed by atoms with van der Waals surface area (Å²) in [6.45, 7) is 2.82. The van der Waals surface area contributed by atoms with Crippen molar-refractivity contribution in [3.8, 4) is 11.5 Å². The van der Waals surface area contributed by atoms with Gasteiger partial charge in [0, 0.05) is 25.2 Å². The predicted octanol–water partition coefficient (Wildman–Crippen LogP) is 3.82. The molecule has 0 saturated carbocycles. The smallest absolute Gasteiger partial charge is 0.254 e. The molecule has 6 nitrogen and oxygen atoms in total. The summed E-state index contributed by atoms with van der Waals surface area (Å²) in [6, 6.07) is 19.6. The summed E-state index contributed by atoms with van der Waals surface area (Å²) in [5.41, 5.74) is 1.80. The molecule has 2 aliphatic rings. The minimum absolute atomic E-state index is 0.000535. The highest BCUT2D eigenvalue weighted by Gasteiger charge is 2.29. The fraction of sp³-hybridized carbons (Fsp3) is 0.333. The maximum atomic E-state index is 13.3. The first-order valence-corrected chi connectivity index (χ1v) is 11.6. The van der Waals surface area contributed by atoms with Crippen molar-refractivity contribution in [2.24, 2.45) is 5.92 Å². The maximum Gasteiger partial charge on any atom is 0.254 e. The molecule has 1 fully saturated rings. The average molecular weight is 445 g/mol. The molecule has 1 atom stereocenters. The molecule has 2 heterocycles. The lowest BCUT2D eigenvalue weighted by molar-refractivity contribution is -0.126. The average Bonchev–Trinajstić information content (AvgIpc) is 2.88. The van der Waals surface area contributed by atoms with E-state index in [0.29, 0.717) is 44.8 Å². The molecule has 0 spiro atoms. The normalized spacial score (nSPS) is 17.6. The number of rotatable bonds is 5. The van der Waals surface area contributed by atoms with Crippen LogP contribution < -0.4 is 14.8 Å². The van der Waals surface area contributed by atoms with E-state index in [9.17, 15) is 9.59 Å². The lowest BCUT2D eigenvalue weighted by Crippen LogP contribution is -2.45. The number of piperidine rings is 1. The molecule has 0 aliphatic carbocycles. The Kier molecular flexibility index (Phi) is 6.15. The molecule has 3 aromatic rings. The number of fused-ring (bicyclic) bond motifs is 2. The van der Waals surface area contributed by atoms with Crippen molar-refractivity contribution in [2.75, 3.05) is 32.8 Å². The second-order valence-corrected chi connectivity index (χ2v) is 8.64. The standard InChI is InChI=1S/C27H28N2O4/c30-26(28-13-12-19-10-11-24-25(17-19)33-16-15-32-24)21-7-4-14-29(18-21)27(31)23-9-3-6-20-5-1-2-8-22(20)23/h1-3,5-6,8-11,17,21H,4,7,12-16,18H2,(H,28,30). The zero-order valence-electron chi connectivity index (χ0n) is 18.6. The van der Waals surface area contributed by atoms with E-state index >= 15 is 0 Å². The van der Waals surface area contributed by atoms with Crippen LogP contribution in [0.3, 0.4) is 0 Å². The molecule has 3 aromatic carbocycles. The van der Waals surface area contributed by atoms with Gasteiger partial charge in [-0.05, 0) is 53.8 Å². The quantitative estimate of drug-likeness (QED) is 0.650. The van der Waals surface area contributed by atoms with Gasteiger partial charge in [0.2, 0.25) is 5.91 Å². The lowest BCUT2D eigenvalue weighted by Gasteiger charge is -2.32. The van der Waals surface area contributed by atoms with Crippen molar-refractivity contribution in [2.45, 2.75) is 19.3 Å². The van der Waals surface area contributed by atoms with Gasteiger partial charge in [-0.25, -0.2) is 0 Å². The van der Waals surface area contributed by atoms with E-state index in [1.807, 2.05) is 65.6 Å². The van der Waals surface area contributed by atoms with Gasteiger partial charge in [-0.1, -0.05) is 42.5 Å². The molecular formula is C27H28N2O4. The molecule has 170 valence electrons. The Bertz CT molecular complexity index is 1170. The van der Waals surface area contributed by atoms with Crippen LogP contribution in [0.25, 0.3) is 10.8 Å². The van der Waals surface area contributed by atoms with Gasteiger partial charge in [0.1, 0.15) is 13.2 Å². The van der Waals surface area contributed by atoms with Gasteiger partial charge in [-0.3, -0.25) is 9.59 Å². The van der Waals surface area contributed by atoms with Crippen LogP contribution in [0.5, 0.6) is 11.5 Å². The number of likely N-dealkylation sites (tertiary alicyclic amines) is 1. The van der Waals surface area contributed by atoms with E-state index < -0.39 is 0 Å². The van der Waals surface area contributed by atoms with Crippen molar-refractivity contribution in [1.82, 2.24) is 10.2 Å². The summed E-state index contributed by atoms with van der Waals surface area (Å²) in [5.74, 6) is 1.37. The molecule has 5 rings (SSSR count). The molecule has 6 heteroatoms. The molecular weight excluding hydrogens is 416 g/mol. The summed E-state index contributed by atoms with van der Waals surface area (Å²) < 4.78 is 11.2. The van der Waals surface area contributed by atoms with Gasteiger partial charge in [0.05, 0.1) is 5.92 Å². The number of hydrogen-bond donors (Lipinski definition) is 1. The van der Waals surface area contributed by atoms with Crippen molar-refractivity contribution >= 4 is 22.6 Å². The third kappa shape index (κ3) is 4.65. The van der Waals surface area contributed by atoms with Crippen LogP contribution in [0.4, 0.5) is 0 Å². The highest BCUT2D eigenvalue weighted by molar-refractivity contribution is 6.07. The van der Waals surface area contributed by atoms with Crippen LogP contribution in [-0.4, -0.2) is 49.6 Å². The zero-order chi connectivity index (χ0) is 22.6. The highest BCUT2D eigenvalue weighted by Crippen LogP contribution is 2.31. The van der Waals surface area contributed by atoms with E-state index in [1.165, 1.54) is 0 Å². The first-order valence-electron chi connectivity index (χ1n) is 11.6. The molecule has 1 unspecified atom stereocenters. The van der Waals surface area contributed by atoms with Crippen molar-refractivity contribution < 1.29 is 19.1 Å². The number of carbonyl (C=O) groups excluding carboxylic acids is 2. The van der Waals surface area contributed by atoms with Gasteiger partial charge in [-0.15, -0.1) is 0 Å². The molecule has 1 N–H and O–H groups in total. The van der Waals surface area contributed by atoms with Crippen LogP contribution in [0.2, 0.25) is 0 Å². The highest BCUT2D eigenvalue weighted by atomic mass is 16.6. The van der Waals surface area contributed by atoms with Gasteiger partial charge in [0.25, 0.3) is 5.91 Å². The monoisotopic (exact) mass is 444 g/mol. The summed E-state index contributed by atoms with van der Waals surface area (Å²) in [6.07, 6.45) is 2.35. The molecule has 1 saturated heterocycles. The van der Waals surface area contributed by atoms with Gasteiger partial charge in [-0.2, -0.15) is 0 Å². The number of nitrogens with one attached hydrogen (secondary N) is 1. The Balaban J connectivity index is 1.18. The molecule has 2 aliphatic heterocycles. The van der Waals surface area contributed by atoms with E-state index in [0.717, 1.165) is 40.7 Å². The second-order valence-electron chi connectivity index (χ2n) is 8.64. The minimum atomic E-state index is -0.182. The van der Waals surface area contributed by atoms with Crippen LogP contribution in [-0.2, 0) is 11.2 Å². The summed E-state index contributed by atoms with van der Waals surface area (Å²) in [4.78, 5) is 27.9. The van der Waals surface area contributed by atoms with Crippen LogP contribution in [0.1, 0.15) is 28.8 Å². The lowest BCUT2D eigenvalue weighted by atomic mass is 9.95. The van der Waals surface area contributed by atoms with E-state index in [4.69, 9.17) is 9.47 Å². The third-order valence-electron chi connectivity index (χ3n) is 6.42. The van der Waals surface area contributed by atoms with Crippen molar-refractivity contribution in [1.29, 1.82) is 0 Å².